The normalized spacial score (nSPS) is 11.5. The number of hydrogen-bond donors (Lipinski definition) is 9. The molecule has 116 heavy (non-hydrogen) atoms. The van der Waals surface area contributed by atoms with Gasteiger partial charge >= 0.3 is 30.5 Å². The van der Waals surface area contributed by atoms with Crippen molar-refractivity contribution in [3.8, 4) is 0 Å². The van der Waals surface area contributed by atoms with E-state index in [-0.39, 0.29) is 185 Å². The summed E-state index contributed by atoms with van der Waals surface area (Å²) in [5.41, 5.74) is 0.614. The first-order valence-electron chi connectivity index (χ1n) is 36.7. The third-order valence-corrected chi connectivity index (χ3v) is 15.4. The molecule has 0 aliphatic heterocycles. The highest BCUT2D eigenvalue weighted by molar-refractivity contribution is 5.96. The Bertz CT molecular complexity index is 3030. The number of amides is 9. The molecule has 0 aliphatic carbocycles. The van der Waals surface area contributed by atoms with Gasteiger partial charge in [0.1, 0.15) is 32.0 Å². The van der Waals surface area contributed by atoms with Crippen LogP contribution in [0.25, 0.3) is 0 Å². The van der Waals surface area contributed by atoms with Crippen LogP contribution in [-0.2, 0) is 98.6 Å². The van der Waals surface area contributed by atoms with Crippen molar-refractivity contribution in [3.05, 3.63) is 84.9 Å². The SMILES string of the molecule is C.C.C.C.C.C.C.C.C=C.COCCOCCCNC(=O)CCC(=O)C(CC(C)C)NC(=O)C(CC(=O)CNC(=O)OCCOC(=O)NCCCCC(NC(=O)OCCOC(=O)NCC(=O)CC(Cc1ccccc1)C(=O)NC(CC(C)C)C(=O)CCC(=O)NCCCOCCOC)C(=O)CNC(=O)OC(C)(C)C)Cc1ccccc1. The molecule has 0 saturated carbocycles. The molecule has 5 unspecified atom stereocenters. The molecule has 670 valence electrons. The van der Waals surface area contributed by atoms with Crippen molar-refractivity contribution in [2.75, 3.05) is 120 Å². The first-order valence-corrected chi connectivity index (χ1v) is 36.7. The quantitative estimate of drug-likeness (QED) is 0.0169. The maximum absolute atomic E-state index is 13.9. The van der Waals surface area contributed by atoms with E-state index in [2.05, 4.69) is 61.0 Å². The Kier molecular flexibility index (Phi) is 78.4. The summed E-state index contributed by atoms with van der Waals surface area (Å²) in [6.45, 7) is 18.5. The minimum atomic E-state index is -1.23. The van der Waals surface area contributed by atoms with E-state index in [0.29, 0.717) is 72.0 Å². The number of rotatable bonds is 57. The minimum Gasteiger partial charge on any atom is -0.446 e. The molecule has 0 bridgehead atoms. The predicted molar refractivity (Wildman–Crippen MR) is 453 cm³/mol. The van der Waals surface area contributed by atoms with Crippen LogP contribution in [0.2, 0.25) is 0 Å². The lowest BCUT2D eigenvalue weighted by Crippen LogP contribution is -2.46. The third-order valence-electron chi connectivity index (χ3n) is 15.4. The zero-order chi connectivity index (χ0) is 80.5. The number of unbranched alkanes of at least 4 members (excludes halogenated alkanes) is 1. The van der Waals surface area contributed by atoms with Crippen molar-refractivity contribution in [1.82, 2.24) is 47.9 Å². The van der Waals surface area contributed by atoms with Crippen LogP contribution in [-0.4, -0.2) is 226 Å². The lowest BCUT2D eigenvalue weighted by molar-refractivity contribution is -0.133. The lowest BCUT2D eigenvalue weighted by atomic mass is 9.91. The number of ether oxygens (including phenoxy) is 9. The van der Waals surface area contributed by atoms with Gasteiger partial charge in [0.2, 0.25) is 23.6 Å². The van der Waals surface area contributed by atoms with Crippen LogP contribution in [0, 0.1) is 23.7 Å². The molecule has 0 saturated heterocycles. The van der Waals surface area contributed by atoms with Crippen LogP contribution in [0.4, 0.5) is 24.0 Å². The number of carbonyl (C=O) groups is 14. The van der Waals surface area contributed by atoms with Gasteiger partial charge in [-0.3, -0.25) is 43.2 Å². The molecule has 0 aliphatic rings. The Morgan fingerprint density at radius 3 is 1.11 bits per heavy atom. The van der Waals surface area contributed by atoms with E-state index in [1.165, 1.54) is 0 Å². The van der Waals surface area contributed by atoms with Crippen LogP contribution in [0.5, 0.6) is 0 Å². The van der Waals surface area contributed by atoms with Gasteiger partial charge in [-0.05, 0) is 102 Å². The summed E-state index contributed by atoms with van der Waals surface area (Å²) >= 11 is 0. The topological polar surface area (TPSA) is 430 Å². The van der Waals surface area contributed by atoms with Crippen molar-refractivity contribution in [3.63, 3.8) is 0 Å². The lowest BCUT2D eigenvalue weighted by Gasteiger charge is -2.23. The van der Waals surface area contributed by atoms with Gasteiger partial charge in [0.05, 0.1) is 64.2 Å². The highest BCUT2D eigenvalue weighted by Gasteiger charge is 2.31. The van der Waals surface area contributed by atoms with Crippen molar-refractivity contribution >= 4 is 83.0 Å². The second-order valence-electron chi connectivity index (χ2n) is 26.9. The van der Waals surface area contributed by atoms with Crippen LogP contribution < -0.4 is 47.9 Å². The number of ketones is 5. The molecule has 9 amide bonds. The monoisotopic (exact) mass is 1650 g/mol. The minimum absolute atomic E-state index is 0. The molecule has 0 spiro atoms. The molecule has 0 fully saturated rings. The number of benzene rings is 2. The second kappa shape index (κ2) is 74.4. The summed E-state index contributed by atoms with van der Waals surface area (Å²) in [6.07, 6.45) is -3.46. The Morgan fingerprint density at radius 1 is 0.379 bits per heavy atom. The Morgan fingerprint density at radius 2 is 0.741 bits per heavy atom. The highest BCUT2D eigenvalue weighted by atomic mass is 16.6. The molecule has 9 N–H and O–H groups in total. The summed E-state index contributed by atoms with van der Waals surface area (Å²) < 4.78 is 46.3. The molecule has 32 nitrogen and oxygen atoms in total. The van der Waals surface area contributed by atoms with Gasteiger partial charge in [-0.15, -0.1) is 13.2 Å². The molecule has 32 heteroatoms. The summed E-state index contributed by atoms with van der Waals surface area (Å²) in [7, 11) is 3.14. The number of carbonyl (C=O) groups excluding carboxylic acids is 14. The number of alkyl carbamates (subject to hydrolysis) is 5. The van der Waals surface area contributed by atoms with Gasteiger partial charge in [-0.1, -0.05) is 148 Å². The van der Waals surface area contributed by atoms with Crippen molar-refractivity contribution in [2.24, 2.45) is 23.7 Å². The fourth-order valence-corrected chi connectivity index (χ4v) is 10.2. The first-order chi connectivity index (χ1) is 51.6. The molecule has 0 radical (unpaired) electrons. The molecule has 0 aromatic heterocycles. The summed E-state index contributed by atoms with van der Waals surface area (Å²) in [5, 5.41) is 23.1. The molecular formula is C84H151N9O23. The molecule has 2 rings (SSSR count). The van der Waals surface area contributed by atoms with E-state index in [1.54, 1.807) is 95.7 Å². The van der Waals surface area contributed by atoms with E-state index in [4.69, 9.17) is 42.6 Å². The third kappa shape index (κ3) is 63.9. The van der Waals surface area contributed by atoms with Crippen LogP contribution >= 0.6 is 0 Å². The van der Waals surface area contributed by atoms with E-state index in [1.807, 2.05) is 27.7 Å². The van der Waals surface area contributed by atoms with Gasteiger partial charge in [-0.2, -0.15) is 0 Å². The zero-order valence-electron chi connectivity index (χ0n) is 64.5. The van der Waals surface area contributed by atoms with Crippen LogP contribution in [0.15, 0.2) is 73.8 Å². The zero-order valence-corrected chi connectivity index (χ0v) is 64.5. The van der Waals surface area contributed by atoms with Gasteiger partial charge in [0.15, 0.2) is 28.9 Å². The standard InChI is InChI=1S/C74H115N9O23.C2H4.8CH4/c1-51(2)42-60(62(86)25-27-65(89)75-30-18-32-100-36-34-98-8)81-67(91)55(44-53-20-12-10-13-21-53)46-57(84)48-78-70(94)103-39-38-102-69(93)77-29-17-16-24-59(64(88)50-80-72(96)106-74(5,6)7)83-73(97)105-41-40-104-71(95)79-49-58(85)47-56(45-54-22-14-11-15-23-54)68(92)82-61(43-52(3)4)63(87)26-28-66(90)76-31-19-33-101-37-35-99-9;1-2;;;;;;;;/h10-15,20-23,51-52,55-56,59-61H,16-19,24-50H2,1-9H3,(H,75,89)(H,76,90)(H,77,93)(H,78,94)(H,79,95)(H,80,96)(H,81,91)(H,82,92)(H,83,97);1-2H2;8*1H4. The number of hydrogen-bond acceptors (Lipinski definition) is 23. The molecule has 5 atom stereocenters. The first kappa shape index (κ1) is 122. The van der Waals surface area contributed by atoms with Gasteiger partial charge < -0.3 is 90.5 Å². The van der Waals surface area contributed by atoms with Crippen molar-refractivity contribution in [1.29, 1.82) is 0 Å². The summed E-state index contributed by atoms with van der Waals surface area (Å²) in [4.78, 5) is 183. The fourth-order valence-electron chi connectivity index (χ4n) is 10.2. The number of nitrogens with one attached hydrogen (secondary N) is 9. The fraction of sp³-hybridized carbons (Fsp3) is 0.667. The molecule has 2 aromatic carbocycles. The van der Waals surface area contributed by atoms with Gasteiger partial charge in [0.25, 0.3) is 0 Å². The van der Waals surface area contributed by atoms with Crippen molar-refractivity contribution < 1.29 is 110 Å². The molecular weight excluding hydrogens is 1500 g/mol. The predicted octanol–water partition coefficient (Wildman–Crippen LogP) is 11.2. The second-order valence-corrected chi connectivity index (χ2v) is 26.9. The highest BCUT2D eigenvalue weighted by Crippen LogP contribution is 2.19. The van der Waals surface area contributed by atoms with E-state index in [9.17, 15) is 67.1 Å². The van der Waals surface area contributed by atoms with E-state index >= 15 is 0 Å². The van der Waals surface area contributed by atoms with Crippen LogP contribution in [0.3, 0.4) is 0 Å². The van der Waals surface area contributed by atoms with Gasteiger partial charge in [0, 0.05) is 97.4 Å². The molecule has 2 aromatic rings. The maximum atomic E-state index is 13.9. The molecule has 0 heterocycles. The smallest absolute Gasteiger partial charge is 0.408 e. The van der Waals surface area contributed by atoms with E-state index < -0.39 is 135 Å². The Balaban J connectivity index is -0.00000193. The van der Waals surface area contributed by atoms with Gasteiger partial charge in [-0.25, -0.2) is 24.0 Å². The Hall–Kier alpha value is -9.40. The number of methoxy groups -OCH3 is 2. The Labute approximate surface area is 693 Å². The van der Waals surface area contributed by atoms with Crippen LogP contribution in [0.1, 0.15) is 202 Å². The maximum Gasteiger partial charge on any atom is 0.408 e. The van der Waals surface area contributed by atoms with Crippen molar-refractivity contribution in [2.45, 2.75) is 228 Å². The average molecular weight is 1660 g/mol. The van der Waals surface area contributed by atoms with E-state index in [0.717, 1.165) is 11.1 Å². The summed E-state index contributed by atoms with van der Waals surface area (Å²) in [6, 6.07) is 14.8. The largest absolute Gasteiger partial charge is 0.446 e. The average Bonchev–Trinajstić information content (AvgIpc) is 0.893. The number of Topliss-reactive ketones (excluding diaryl/α,β-unsaturated/α-hetero) is 5. The summed E-state index contributed by atoms with van der Waals surface area (Å²) in [5.74, 6) is -6.00.